The Morgan fingerprint density at radius 2 is 2.00 bits per heavy atom. The summed E-state index contributed by atoms with van der Waals surface area (Å²) < 4.78 is 13.5. The molecule has 1 atom stereocenters. The van der Waals surface area contributed by atoms with Crippen LogP contribution in [0.2, 0.25) is 0 Å². The summed E-state index contributed by atoms with van der Waals surface area (Å²) in [5, 5.41) is 9.94. The van der Waals surface area contributed by atoms with Crippen molar-refractivity contribution in [3.63, 3.8) is 0 Å². The second-order valence-corrected chi connectivity index (χ2v) is 9.64. The SMILES string of the molecule is CCCC[S+]([O-])c1sc2nc(-c3cccnc3)cc(-c3ccc(C#N)cc3)c2c1N. The first-order chi connectivity index (χ1) is 14.6. The van der Waals surface area contributed by atoms with E-state index < -0.39 is 11.2 Å². The van der Waals surface area contributed by atoms with Gasteiger partial charge in [0.25, 0.3) is 0 Å². The Labute approximate surface area is 182 Å². The lowest BCUT2D eigenvalue weighted by atomic mass is 9.99. The van der Waals surface area contributed by atoms with Crippen LogP contribution in [0.5, 0.6) is 0 Å². The van der Waals surface area contributed by atoms with Crippen molar-refractivity contribution in [1.29, 1.82) is 5.26 Å². The number of pyridine rings is 2. The van der Waals surface area contributed by atoms with E-state index in [1.54, 1.807) is 24.5 Å². The van der Waals surface area contributed by atoms with Gasteiger partial charge in [0.1, 0.15) is 16.3 Å². The van der Waals surface area contributed by atoms with E-state index in [4.69, 9.17) is 16.0 Å². The smallest absolute Gasteiger partial charge is 0.232 e. The number of nitrogens with two attached hydrogens (primary N) is 1. The van der Waals surface area contributed by atoms with Gasteiger partial charge in [-0.05, 0) is 59.1 Å². The van der Waals surface area contributed by atoms with Crippen LogP contribution in [-0.2, 0) is 11.2 Å². The number of hydrogen-bond donors (Lipinski definition) is 1. The van der Waals surface area contributed by atoms with E-state index in [1.165, 1.54) is 11.3 Å². The number of fused-ring (bicyclic) bond motifs is 1. The van der Waals surface area contributed by atoms with Crippen molar-refractivity contribution in [2.75, 3.05) is 11.5 Å². The highest BCUT2D eigenvalue weighted by atomic mass is 32.2. The first-order valence-electron chi connectivity index (χ1n) is 9.64. The van der Waals surface area contributed by atoms with Gasteiger partial charge in [0.15, 0.2) is 0 Å². The molecule has 0 aliphatic carbocycles. The maximum Gasteiger partial charge on any atom is 0.232 e. The molecule has 0 aliphatic rings. The fourth-order valence-electron chi connectivity index (χ4n) is 3.25. The summed E-state index contributed by atoms with van der Waals surface area (Å²) >= 11 is 0.248. The van der Waals surface area contributed by atoms with Crippen LogP contribution in [0.1, 0.15) is 25.3 Å². The van der Waals surface area contributed by atoms with Crippen molar-refractivity contribution in [1.82, 2.24) is 9.97 Å². The van der Waals surface area contributed by atoms with Gasteiger partial charge in [-0.2, -0.15) is 5.26 Å². The summed E-state index contributed by atoms with van der Waals surface area (Å²) in [7, 11) is 0. The third kappa shape index (κ3) is 3.90. The summed E-state index contributed by atoms with van der Waals surface area (Å²) in [6, 6.07) is 15.4. The Balaban J connectivity index is 1.93. The van der Waals surface area contributed by atoms with E-state index in [9.17, 15) is 4.55 Å². The standard InChI is InChI=1S/C23H20N4OS2/c1-2-3-11-30(28)23-21(25)20-18(16-8-6-15(13-24)7-9-16)12-19(27-22(20)29-23)17-5-4-10-26-14-17/h4-10,12,14H,2-3,11,25H2,1H3. The molecule has 0 saturated carbocycles. The van der Waals surface area contributed by atoms with Gasteiger partial charge in [0.2, 0.25) is 4.21 Å². The molecular weight excluding hydrogens is 412 g/mol. The maximum atomic E-state index is 12.8. The van der Waals surface area contributed by atoms with Crippen molar-refractivity contribution in [2.45, 2.75) is 24.0 Å². The summed E-state index contributed by atoms with van der Waals surface area (Å²) in [5.41, 5.74) is 11.2. The number of rotatable bonds is 6. The zero-order valence-electron chi connectivity index (χ0n) is 16.5. The van der Waals surface area contributed by atoms with Gasteiger partial charge in [-0.25, -0.2) is 4.98 Å². The molecular formula is C23H20N4OS2. The van der Waals surface area contributed by atoms with Crippen molar-refractivity contribution in [3.8, 4) is 28.5 Å². The first kappa shape index (κ1) is 20.4. The summed E-state index contributed by atoms with van der Waals surface area (Å²) in [4.78, 5) is 9.78. The molecule has 3 heterocycles. The average molecular weight is 433 g/mol. The molecule has 5 nitrogen and oxygen atoms in total. The quantitative estimate of drug-likeness (QED) is 0.412. The minimum Gasteiger partial charge on any atom is -0.611 e. The predicted molar refractivity (Wildman–Crippen MR) is 124 cm³/mol. The number of nitriles is 1. The number of thiophene rings is 1. The number of unbranched alkanes of at least 4 members (excludes halogenated alkanes) is 1. The Morgan fingerprint density at radius 3 is 2.67 bits per heavy atom. The monoisotopic (exact) mass is 432 g/mol. The molecule has 0 spiro atoms. The van der Waals surface area contributed by atoms with Crippen LogP contribution >= 0.6 is 11.3 Å². The topological polar surface area (TPSA) is 98.6 Å². The van der Waals surface area contributed by atoms with Gasteiger partial charge in [-0.1, -0.05) is 36.8 Å². The molecule has 0 amide bonds. The molecule has 0 aliphatic heterocycles. The van der Waals surface area contributed by atoms with E-state index >= 15 is 0 Å². The van der Waals surface area contributed by atoms with E-state index in [0.29, 0.717) is 21.2 Å². The molecule has 0 fully saturated rings. The van der Waals surface area contributed by atoms with Gasteiger partial charge in [-0.3, -0.25) is 4.98 Å². The van der Waals surface area contributed by atoms with Crippen LogP contribution in [0.4, 0.5) is 5.69 Å². The van der Waals surface area contributed by atoms with Crippen LogP contribution < -0.4 is 5.73 Å². The number of hydrogen-bond acceptors (Lipinski definition) is 6. The van der Waals surface area contributed by atoms with Crippen LogP contribution in [0.15, 0.2) is 59.1 Å². The Morgan fingerprint density at radius 1 is 1.20 bits per heavy atom. The minimum atomic E-state index is -1.15. The molecule has 0 bridgehead atoms. The zero-order chi connectivity index (χ0) is 21.1. The van der Waals surface area contributed by atoms with Crippen LogP contribution in [0.25, 0.3) is 32.6 Å². The van der Waals surface area contributed by atoms with Crippen molar-refractivity contribution >= 4 is 38.4 Å². The first-order valence-corrected chi connectivity index (χ1v) is 11.8. The molecule has 0 saturated heterocycles. The largest absolute Gasteiger partial charge is 0.611 e. The van der Waals surface area contributed by atoms with Gasteiger partial charge in [0, 0.05) is 23.3 Å². The van der Waals surface area contributed by atoms with Gasteiger partial charge < -0.3 is 10.3 Å². The molecule has 3 aromatic heterocycles. The molecule has 30 heavy (non-hydrogen) atoms. The maximum absolute atomic E-state index is 12.8. The summed E-state index contributed by atoms with van der Waals surface area (Å²) in [6.45, 7) is 2.08. The molecule has 150 valence electrons. The number of anilines is 1. The third-order valence-corrected chi connectivity index (χ3v) is 7.83. The Bertz CT molecular complexity index is 1210. The molecule has 4 aromatic rings. The molecule has 1 aromatic carbocycles. The van der Waals surface area contributed by atoms with E-state index in [-0.39, 0.29) is 0 Å². The fraction of sp³-hybridized carbons (Fsp3) is 0.174. The molecule has 1 unspecified atom stereocenters. The van der Waals surface area contributed by atoms with Crippen LogP contribution in [0.3, 0.4) is 0 Å². The lowest BCUT2D eigenvalue weighted by molar-refractivity contribution is 0.594. The molecule has 2 N–H and O–H groups in total. The van der Waals surface area contributed by atoms with Crippen LogP contribution in [-0.4, -0.2) is 20.3 Å². The second kappa shape index (κ2) is 8.84. The van der Waals surface area contributed by atoms with Gasteiger partial charge in [0.05, 0.1) is 17.3 Å². The summed E-state index contributed by atoms with van der Waals surface area (Å²) in [5.74, 6) is 0.592. The number of nitrogens with zero attached hydrogens (tertiary/aromatic N) is 3. The minimum absolute atomic E-state index is 0.536. The fourth-order valence-corrected chi connectivity index (χ4v) is 6.05. The van der Waals surface area contributed by atoms with Gasteiger partial charge >= 0.3 is 0 Å². The second-order valence-electron chi connectivity index (χ2n) is 6.87. The highest BCUT2D eigenvalue weighted by Gasteiger charge is 2.24. The Hall–Kier alpha value is -2.92. The average Bonchev–Trinajstić information content (AvgIpc) is 3.14. The Kier molecular flexibility index (Phi) is 6.00. The van der Waals surface area contributed by atoms with Crippen molar-refractivity contribution in [3.05, 3.63) is 60.4 Å². The van der Waals surface area contributed by atoms with Crippen molar-refractivity contribution in [2.24, 2.45) is 0 Å². The highest BCUT2D eigenvalue weighted by Crippen LogP contribution is 2.43. The molecule has 4 rings (SSSR count). The number of benzene rings is 1. The highest BCUT2D eigenvalue weighted by molar-refractivity contribution is 7.93. The lowest BCUT2D eigenvalue weighted by Gasteiger charge is -2.09. The van der Waals surface area contributed by atoms with E-state index in [0.717, 1.165) is 45.4 Å². The third-order valence-electron chi connectivity index (χ3n) is 4.84. The van der Waals surface area contributed by atoms with Crippen molar-refractivity contribution < 1.29 is 4.55 Å². The normalized spacial score (nSPS) is 12.0. The zero-order valence-corrected chi connectivity index (χ0v) is 18.1. The van der Waals surface area contributed by atoms with E-state index in [2.05, 4.69) is 18.0 Å². The number of aromatic nitrogens is 2. The number of nitrogen functional groups attached to an aromatic ring is 1. The lowest BCUT2D eigenvalue weighted by Crippen LogP contribution is -2.06. The molecule has 0 radical (unpaired) electrons. The van der Waals surface area contributed by atoms with Gasteiger partial charge in [-0.15, -0.1) is 0 Å². The summed E-state index contributed by atoms with van der Waals surface area (Å²) in [6.07, 6.45) is 5.36. The van der Waals surface area contributed by atoms with Crippen LogP contribution in [0, 0.1) is 11.3 Å². The molecule has 7 heteroatoms. The van der Waals surface area contributed by atoms with E-state index in [1.807, 2.05) is 30.3 Å². The predicted octanol–water partition coefficient (Wildman–Crippen LogP) is 5.39.